The van der Waals surface area contributed by atoms with Crippen molar-refractivity contribution in [1.82, 2.24) is 10.7 Å². The number of ether oxygens (including phenoxy) is 2. The zero-order valence-corrected chi connectivity index (χ0v) is 21.5. The minimum Gasteiger partial charge on any atom is -0.490 e. The second-order valence-corrected chi connectivity index (χ2v) is 8.59. The Kier molecular flexibility index (Phi) is 9.62. The molecule has 35 heavy (non-hydrogen) atoms. The Morgan fingerprint density at radius 3 is 2.49 bits per heavy atom. The smallest absolute Gasteiger partial charge is 0.343 e. The third-order valence-corrected chi connectivity index (χ3v) is 5.67. The molecule has 2 amide bonds. The van der Waals surface area contributed by atoms with Gasteiger partial charge in [-0.25, -0.2) is 10.2 Å². The molecule has 0 bridgehead atoms. The lowest BCUT2D eigenvalue weighted by atomic mass is 10.2. The quantitative estimate of drug-likeness (QED) is 0.123. The number of amides is 2. The van der Waals surface area contributed by atoms with E-state index in [9.17, 15) is 14.4 Å². The number of benzene rings is 3. The number of rotatable bonds is 9. The summed E-state index contributed by atoms with van der Waals surface area (Å²) < 4.78 is 11.8. The molecule has 8 nitrogen and oxygen atoms in total. The van der Waals surface area contributed by atoms with Crippen LogP contribution in [0.2, 0.25) is 5.02 Å². The summed E-state index contributed by atoms with van der Waals surface area (Å²) in [6.07, 6.45) is 1.41. The third kappa shape index (κ3) is 7.79. The minimum absolute atomic E-state index is 0.231. The van der Waals surface area contributed by atoms with Crippen molar-refractivity contribution in [2.24, 2.45) is 5.10 Å². The van der Waals surface area contributed by atoms with Gasteiger partial charge in [-0.1, -0.05) is 23.7 Å². The van der Waals surface area contributed by atoms with Crippen molar-refractivity contribution in [2.45, 2.75) is 6.92 Å². The standard InChI is InChI=1S/C25H21ClIN3O5/c1-2-34-22-13-16(7-12-21(22)35-25(33)17-8-10-18(26)11-9-17)14-29-30-23(31)15-28-24(32)19-5-3-4-6-20(19)27/h3-14H,2,15H2,1H3,(H,28,32)(H,30,31). The predicted octanol–water partition coefficient (Wildman–Crippen LogP) is 4.44. The van der Waals surface area contributed by atoms with E-state index >= 15 is 0 Å². The van der Waals surface area contributed by atoms with Crippen molar-refractivity contribution in [1.29, 1.82) is 0 Å². The SMILES string of the molecule is CCOc1cc(C=NNC(=O)CNC(=O)c2ccccc2I)ccc1OC(=O)c1ccc(Cl)cc1. The van der Waals surface area contributed by atoms with E-state index in [1.165, 1.54) is 6.21 Å². The number of carbonyl (C=O) groups excluding carboxylic acids is 3. The Labute approximate surface area is 220 Å². The lowest BCUT2D eigenvalue weighted by Gasteiger charge is -2.11. The lowest BCUT2D eigenvalue weighted by molar-refractivity contribution is -0.120. The number of hydrogen-bond donors (Lipinski definition) is 2. The van der Waals surface area contributed by atoms with Crippen molar-refractivity contribution < 1.29 is 23.9 Å². The van der Waals surface area contributed by atoms with Crippen LogP contribution in [0.25, 0.3) is 0 Å². The zero-order valence-electron chi connectivity index (χ0n) is 18.6. The minimum atomic E-state index is -0.552. The molecule has 3 aromatic rings. The van der Waals surface area contributed by atoms with Gasteiger partial charge in [0.15, 0.2) is 11.5 Å². The topological polar surface area (TPSA) is 106 Å². The fourth-order valence-corrected chi connectivity index (χ4v) is 3.58. The normalized spacial score (nSPS) is 10.6. The van der Waals surface area contributed by atoms with E-state index in [2.05, 4.69) is 38.4 Å². The van der Waals surface area contributed by atoms with Gasteiger partial charge < -0.3 is 14.8 Å². The van der Waals surface area contributed by atoms with Crippen LogP contribution in [0.5, 0.6) is 11.5 Å². The fraction of sp³-hybridized carbons (Fsp3) is 0.120. The summed E-state index contributed by atoms with van der Waals surface area (Å²) >= 11 is 7.91. The van der Waals surface area contributed by atoms with Crippen LogP contribution in [0.15, 0.2) is 71.8 Å². The number of hydrogen-bond acceptors (Lipinski definition) is 6. The highest BCUT2D eigenvalue weighted by molar-refractivity contribution is 14.1. The molecule has 0 heterocycles. The van der Waals surface area contributed by atoms with Crippen molar-refractivity contribution in [3.8, 4) is 11.5 Å². The maximum Gasteiger partial charge on any atom is 0.343 e. The molecule has 0 aliphatic rings. The summed E-state index contributed by atoms with van der Waals surface area (Å²) in [7, 11) is 0. The Bertz CT molecular complexity index is 1250. The van der Waals surface area contributed by atoms with E-state index < -0.39 is 11.9 Å². The van der Waals surface area contributed by atoms with Gasteiger partial charge in [0.1, 0.15) is 0 Å². The van der Waals surface area contributed by atoms with Crippen LogP contribution in [-0.2, 0) is 4.79 Å². The average molecular weight is 606 g/mol. The van der Waals surface area contributed by atoms with E-state index in [1.54, 1.807) is 67.6 Å². The zero-order chi connectivity index (χ0) is 25.2. The highest BCUT2D eigenvalue weighted by Gasteiger charge is 2.14. The summed E-state index contributed by atoms with van der Waals surface area (Å²) in [6.45, 7) is 1.92. The van der Waals surface area contributed by atoms with Gasteiger partial charge in [0, 0.05) is 8.59 Å². The van der Waals surface area contributed by atoms with E-state index in [0.29, 0.717) is 34.1 Å². The molecule has 0 spiro atoms. The van der Waals surface area contributed by atoms with Crippen molar-refractivity contribution in [2.75, 3.05) is 13.2 Å². The van der Waals surface area contributed by atoms with E-state index in [-0.39, 0.29) is 18.2 Å². The molecule has 0 aromatic heterocycles. The summed E-state index contributed by atoms with van der Waals surface area (Å²) in [5.74, 6) is -0.803. The highest BCUT2D eigenvalue weighted by atomic mass is 127. The average Bonchev–Trinajstić information content (AvgIpc) is 2.85. The molecule has 0 unspecified atom stereocenters. The molecule has 3 aromatic carbocycles. The van der Waals surface area contributed by atoms with Crippen LogP contribution in [0.4, 0.5) is 0 Å². The van der Waals surface area contributed by atoms with Crippen LogP contribution >= 0.6 is 34.2 Å². The molecule has 0 radical (unpaired) electrons. The maximum absolute atomic E-state index is 12.4. The fourth-order valence-electron chi connectivity index (χ4n) is 2.82. The maximum atomic E-state index is 12.4. The molecule has 3 rings (SSSR count). The Hall–Kier alpha value is -3.44. The van der Waals surface area contributed by atoms with Crippen LogP contribution < -0.4 is 20.2 Å². The molecule has 180 valence electrons. The van der Waals surface area contributed by atoms with Gasteiger partial charge in [0.05, 0.1) is 30.5 Å². The first-order chi connectivity index (χ1) is 16.9. The largest absolute Gasteiger partial charge is 0.490 e. The van der Waals surface area contributed by atoms with Gasteiger partial charge >= 0.3 is 5.97 Å². The summed E-state index contributed by atoms with van der Waals surface area (Å²) in [6, 6.07) is 18.3. The van der Waals surface area contributed by atoms with E-state index in [1.807, 2.05) is 6.07 Å². The number of carbonyl (C=O) groups is 3. The van der Waals surface area contributed by atoms with Crippen LogP contribution in [0.3, 0.4) is 0 Å². The van der Waals surface area contributed by atoms with Crippen molar-refractivity contribution in [3.05, 3.63) is 92.0 Å². The predicted molar refractivity (Wildman–Crippen MR) is 141 cm³/mol. The highest BCUT2D eigenvalue weighted by Crippen LogP contribution is 2.29. The van der Waals surface area contributed by atoms with E-state index in [4.69, 9.17) is 21.1 Å². The van der Waals surface area contributed by atoms with Gasteiger partial charge in [-0.15, -0.1) is 0 Å². The molecular weight excluding hydrogens is 585 g/mol. The van der Waals surface area contributed by atoms with Gasteiger partial charge in [0.2, 0.25) is 0 Å². The molecule has 0 aliphatic carbocycles. The van der Waals surface area contributed by atoms with Crippen LogP contribution in [0, 0.1) is 3.57 Å². The molecule has 0 fully saturated rings. The van der Waals surface area contributed by atoms with Crippen molar-refractivity contribution >= 4 is 58.2 Å². The second kappa shape index (κ2) is 12.9. The van der Waals surface area contributed by atoms with Gasteiger partial charge in [0.25, 0.3) is 11.8 Å². The number of esters is 1. The lowest BCUT2D eigenvalue weighted by Crippen LogP contribution is -2.35. The molecule has 0 saturated carbocycles. The molecule has 2 N–H and O–H groups in total. The summed E-state index contributed by atoms with van der Waals surface area (Å²) in [5.41, 5.74) is 3.79. The van der Waals surface area contributed by atoms with Crippen LogP contribution in [-0.4, -0.2) is 37.1 Å². The first-order valence-electron chi connectivity index (χ1n) is 10.5. The molecule has 0 aliphatic heterocycles. The molecule has 0 saturated heterocycles. The van der Waals surface area contributed by atoms with Crippen LogP contribution in [0.1, 0.15) is 33.2 Å². The number of hydrazone groups is 1. The molecule has 10 heteroatoms. The Morgan fingerprint density at radius 2 is 1.77 bits per heavy atom. The molecular formula is C25H21ClIN3O5. The molecule has 0 atom stereocenters. The number of halogens is 2. The first-order valence-corrected chi connectivity index (χ1v) is 11.9. The summed E-state index contributed by atoms with van der Waals surface area (Å²) in [4.78, 5) is 36.6. The van der Waals surface area contributed by atoms with Crippen molar-refractivity contribution in [3.63, 3.8) is 0 Å². The number of nitrogens with zero attached hydrogens (tertiary/aromatic N) is 1. The Morgan fingerprint density at radius 1 is 1.03 bits per heavy atom. The van der Waals surface area contributed by atoms with Gasteiger partial charge in [-0.2, -0.15) is 5.10 Å². The number of nitrogens with one attached hydrogen (secondary N) is 2. The Balaban J connectivity index is 1.57. The summed E-state index contributed by atoms with van der Waals surface area (Å²) in [5, 5.41) is 6.97. The van der Waals surface area contributed by atoms with Gasteiger partial charge in [-0.05, 0) is 89.7 Å². The first kappa shape index (κ1) is 26.2. The van der Waals surface area contributed by atoms with E-state index in [0.717, 1.165) is 3.57 Å². The van der Waals surface area contributed by atoms with Gasteiger partial charge in [-0.3, -0.25) is 9.59 Å². The monoisotopic (exact) mass is 605 g/mol. The third-order valence-electron chi connectivity index (χ3n) is 4.48. The second-order valence-electron chi connectivity index (χ2n) is 6.99.